The van der Waals surface area contributed by atoms with Gasteiger partial charge in [0.05, 0.1) is 12.7 Å². The molecule has 2 aromatic rings. The summed E-state index contributed by atoms with van der Waals surface area (Å²) < 4.78 is 5.25. The van der Waals surface area contributed by atoms with Gasteiger partial charge in [0.1, 0.15) is 5.75 Å². The highest BCUT2D eigenvalue weighted by atomic mass is 35.5. The highest BCUT2D eigenvalue weighted by Crippen LogP contribution is 2.27. The minimum absolute atomic E-state index is 0.0395. The molecule has 8 heteroatoms. The molecule has 1 aromatic heterocycles. The van der Waals surface area contributed by atoms with E-state index in [-0.39, 0.29) is 17.7 Å². The number of piperidine rings is 1. The summed E-state index contributed by atoms with van der Waals surface area (Å²) in [7, 11) is 1.52. The van der Waals surface area contributed by atoms with Crippen molar-refractivity contribution >= 4 is 39.9 Å². The van der Waals surface area contributed by atoms with Crippen molar-refractivity contribution in [3.8, 4) is 5.75 Å². The Kier molecular flexibility index (Phi) is 5.55. The van der Waals surface area contributed by atoms with Gasteiger partial charge in [-0.15, -0.1) is 11.3 Å². The highest BCUT2D eigenvalue weighted by molar-refractivity contribution is 7.13. The Balaban J connectivity index is 1.61. The average molecular weight is 380 g/mol. The van der Waals surface area contributed by atoms with Crippen molar-refractivity contribution in [1.29, 1.82) is 0 Å². The van der Waals surface area contributed by atoms with E-state index in [9.17, 15) is 9.59 Å². The maximum absolute atomic E-state index is 12.7. The number of carbonyl (C=O) groups excluding carboxylic acids is 2. The number of amides is 2. The number of anilines is 1. The Hall–Kier alpha value is -2.12. The molecule has 1 aliphatic heterocycles. The van der Waals surface area contributed by atoms with E-state index in [1.54, 1.807) is 29.3 Å². The van der Waals surface area contributed by atoms with Gasteiger partial charge >= 0.3 is 0 Å². The Morgan fingerprint density at radius 3 is 2.76 bits per heavy atom. The number of hydrogen-bond acceptors (Lipinski definition) is 5. The first-order valence-corrected chi connectivity index (χ1v) is 9.17. The monoisotopic (exact) mass is 379 g/mol. The number of halogens is 1. The third kappa shape index (κ3) is 4.11. The molecular formula is C17H18ClN3O3S. The first-order valence-electron chi connectivity index (χ1n) is 7.91. The lowest BCUT2D eigenvalue weighted by Crippen LogP contribution is -2.41. The second-order valence-electron chi connectivity index (χ2n) is 5.74. The van der Waals surface area contributed by atoms with Crippen LogP contribution in [0.1, 0.15) is 23.2 Å². The molecule has 25 heavy (non-hydrogen) atoms. The molecule has 0 atom stereocenters. The zero-order valence-corrected chi connectivity index (χ0v) is 15.3. The van der Waals surface area contributed by atoms with Crippen LogP contribution in [0.5, 0.6) is 5.75 Å². The number of rotatable bonds is 4. The van der Waals surface area contributed by atoms with E-state index in [4.69, 9.17) is 16.3 Å². The molecule has 1 fully saturated rings. The van der Waals surface area contributed by atoms with Gasteiger partial charge in [0.2, 0.25) is 5.91 Å². The second kappa shape index (κ2) is 7.84. The molecule has 3 rings (SSSR count). The molecule has 0 radical (unpaired) electrons. The van der Waals surface area contributed by atoms with Crippen LogP contribution in [-0.2, 0) is 4.79 Å². The molecule has 6 nitrogen and oxygen atoms in total. The zero-order valence-electron chi connectivity index (χ0n) is 13.7. The van der Waals surface area contributed by atoms with Crippen LogP contribution in [0.15, 0.2) is 29.8 Å². The third-order valence-electron chi connectivity index (χ3n) is 4.21. The van der Waals surface area contributed by atoms with Crippen LogP contribution in [0, 0.1) is 5.92 Å². The summed E-state index contributed by atoms with van der Waals surface area (Å²) in [5.74, 6) is 0.216. The standard InChI is InChI=1S/C17H18ClN3O3S/c1-24-14-3-2-12(18)10-13(14)16(23)21-7-4-11(5-8-21)15(22)20-17-19-6-9-25-17/h2-3,6,9-11H,4-5,7-8H2,1H3,(H,19,20,22). The molecule has 0 aliphatic carbocycles. The van der Waals surface area contributed by atoms with E-state index in [0.29, 0.717) is 47.4 Å². The predicted octanol–water partition coefficient (Wildman–Crippen LogP) is 3.30. The molecule has 132 valence electrons. The van der Waals surface area contributed by atoms with E-state index >= 15 is 0 Å². The number of likely N-dealkylation sites (tertiary alicyclic amines) is 1. The number of thiazole rings is 1. The van der Waals surface area contributed by atoms with E-state index in [1.807, 2.05) is 5.38 Å². The minimum Gasteiger partial charge on any atom is -0.496 e. The molecule has 1 aromatic carbocycles. The number of nitrogens with one attached hydrogen (secondary N) is 1. The van der Waals surface area contributed by atoms with Crippen LogP contribution in [0.4, 0.5) is 5.13 Å². The normalized spacial score (nSPS) is 15.0. The van der Waals surface area contributed by atoms with Crippen molar-refractivity contribution in [2.75, 3.05) is 25.5 Å². The highest BCUT2D eigenvalue weighted by Gasteiger charge is 2.29. The fourth-order valence-corrected chi connectivity index (χ4v) is 3.56. The molecule has 1 aliphatic rings. The Morgan fingerprint density at radius 1 is 1.36 bits per heavy atom. The first-order chi connectivity index (χ1) is 12.1. The van der Waals surface area contributed by atoms with Gasteiger partial charge < -0.3 is 15.0 Å². The zero-order chi connectivity index (χ0) is 17.8. The van der Waals surface area contributed by atoms with Gasteiger partial charge in [0.15, 0.2) is 5.13 Å². The number of carbonyl (C=O) groups is 2. The summed E-state index contributed by atoms with van der Waals surface area (Å²) in [6.07, 6.45) is 2.89. The number of ether oxygens (including phenoxy) is 1. The van der Waals surface area contributed by atoms with Crippen LogP contribution >= 0.6 is 22.9 Å². The first kappa shape index (κ1) is 17.7. The topological polar surface area (TPSA) is 71.5 Å². The average Bonchev–Trinajstić information content (AvgIpc) is 3.14. The molecule has 0 bridgehead atoms. The quantitative estimate of drug-likeness (QED) is 0.884. The van der Waals surface area contributed by atoms with Crippen molar-refractivity contribution in [2.24, 2.45) is 5.92 Å². The van der Waals surface area contributed by atoms with Crippen molar-refractivity contribution in [1.82, 2.24) is 9.88 Å². The molecule has 2 heterocycles. The third-order valence-corrected chi connectivity index (χ3v) is 5.13. The molecule has 0 spiro atoms. The van der Waals surface area contributed by atoms with Gasteiger partial charge in [-0.2, -0.15) is 0 Å². The van der Waals surface area contributed by atoms with Crippen molar-refractivity contribution in [3.05, 3.63) is 40.4 Å². The number of aromatic nitrogens is 1. The van der Waals surface area contributed by atoms with Gasteiger partial charge in [-0.1, -0.05) is 11.6 Å². The predicted molar refractivity (Wildman–Crippen MR) is 97.4 cm³/mol. The number of nitrogens with zero attached hydrogens (tertiary/aromatic N) is 2. The summed E-state index contributed by atoms with van der Waals surface area (Å²) in [6.45, 7) is 1.04. The van der Waals surface area contributed by atoms with Crippen molar-refractivity contribution in [3.63, 3.8) is 0 Å². The van der Waals surface area contributed by atoms with Gasteiger partial charge in [0.25, 0.3) is 5.91 Å². The minimum atomic E-state index is -0.127. The molecule has 0 unspecified atom stereocenters. The van der Waals surface area contributed by atoms with Crippen LogP contribution in [0.2, 0.25) is 5.02 Å². The fraction of sp³-hybridized carbons (Fsp3) is 0.353. The second-order valence-corrected chi connectivity index (χ2v) is 7.07. The fourth-order valence-electron chi connectivity index (χ4n) is 2.86. The van der Waals surface area contributed by atoms with Gasteiger partial charge in [-0.05, 0) is 31.0 Å². The summed E-state index contributed by atoms with van der Waals surface area (Å²) >= 11 is 7.39. The molecule has 1 saturated heterocycles. The Morgan fingerprint density at radius 2 is 2.12 bits per heavy atom. The number of hydrogen-bond donors (Lipinski definition) is 1. The van der Waals surface area contributed by atoms with Crippen LogP contribution < -0.4 is 10.1 Å². The van der Waals surface area contributed by atoms with Crippen LogP contribution in [-0.4, -0.2) is 41.9 Å². The van der Waals surface area contributed by atoms with E-state index in [0.717, 1.165) is 0 Å². The van der Waals surface area contributed by atoms with Crippen LogP contribution in [0.3, 0.4) is 0 Å². The van der Waals surface area contributed by atoms with E-state index in [1.165, 1.54) is 18.4 Å². The largest absolute Gasteiger partial charge is 0.496 e. The maximum atomic E-state index is 12.7. The SMILES string of the molecule is COc1ccc(Cl)cc1C(=O)N1CCC(C(=O)Nc2nccs2)CC1. The van der Waals surface area contributed by atoms with E-state index < -0.39 is 0 Å². The lowest BCUT2D eigenvalue weighted by Gasteiger charge is -2.31. The summed E-state index contributed by atoms with van der Waals surface area (Å²) in [5, 5.41) is 5.73. The van der Waals surface area contributed by atoms with Gasteiger partial charge in [-0.3, -0.25) is 9.59 Å². The lowest BCUT2D eigenvalue weighted by molar-refractivity contribution is -0.121. The summed E-state index contributed by atoms with van der Waals surface area (Å²) in [6, 6.07) is 4.99. The van der Waals surface area contributed by atoms with Crippen molar-refractivity contribution in [2.45, 2.75) is 12.8 Å². The van der Waals surface area contributed by atoms with Gasteiger partial charge in [-0.25, -0.2) is 4.98 Å². The Bertz CT molecular complexity index is 759. The number of methoxy groups -OCH3 is 1. The van der Waals surface area contributed by atoms with Crippen LogP contribution in [0.25, 0.3) is 0 Å². The lowest BCUT2D eigenvalue weighted by atomic mass is 9.95. The van der Waals surface area contributed by atoms with Gasteiger partial charge in [0, 0.05) is 35.6 Å². The summed E-state index contributed by atoms with van der Waals surface area (Å²) in [5.41, 5.74) is 0.445. The molecule has 1 N–H and O–H groups in total. The smallest absolute Gasteiger partial charge is 0.257 e. The Labute approximate surface area is 154 Å². The molecule has 2 amide bonds. The summed E-state index contributed by atoms with van der Waals surface area (Å²) in [4.78, 5) is 30.8. The van der Waals surface area contributed by atoms with Crippen molar-refractivity contribution < 1.29 is 14.3 Å². The van der Waals surface area contributed by atoms with E-state index in [2.05, 4.69) is 10.3 Å². The maximum Gasteiger partial charge on any atom is 0.257 e. The molecule has 0 saturated carbocycles. The molecular weight excluding hydrogens is 362 g/mol. The number of benzene rings is 1.